The number of carbonyl (C=O) groups is 1. The summed E-state index contributed by atoms with van der Waals surface area (Å²) in [4.78, 5) is 12.7. The Bertz CT molecular complexity index is 1040. The molecule has 2 aromatic carbocycles. The smallest absolute Gasteiger partial charge is 0.271 e. The zero-order valence-electron chi connectivity index (χ0n) is 17.6. The molecule has 3 rings (SSSR count). The molecular formula is C21H25N3O6S. The number of amides is 1. The lowest BCUT2D eigenvalue weighted by atomic mass is 10.1. The lowest BCUT2D eigenvalue weighted by Crippen LogP contribution is -2.40. The average molecular weight is 448 g/mol. The molecule has 1 fully saturated rings. The van der Waals surface area contributed by atoms with Crippen molar-refractivity contribution in [1.29, 1.82) is 0 Å². The fraction of sp³-hybridized carbons (Fsp3) is 0.333. The van der Waals surface area contributed by atoms with Crippen molar-refractivity contribution in [2.24, 2.45) is 5.10 Å². The van der Waals surface area contributed by atoms with Gasteiger partial charge < -0.3 is 14.2 Å². The number of nitrogens with one attached hydrogen (secondary N) is 1. The van der Waals surface area contributed by atoms with Crippen molar-refractivity contribution in [2.45, 2.75) is 11.8 Å². The van der Waals surface area contributed by atoms with Crippen molar-refractivity contribution >= 4 is 21.6 Å². The van der Waals surface area contributed by atoms with Gasteiger partial charge in [-0.3, -0.25) is 4.79 Å². The molecule has 1 saturated heterocycles. The monoisotopic (exact) mass is 447 g/mol. The molecule has 0 saturated carbocycles. The molecule has 1 amide bonds. The molecule has 0 unspecified atom stereocenters. The standard InChI is InChI=1S/C21H25N3O6S/c1-15(22-23-21(25)17-12-18(28-2)14-19(13-17)29-3)16-4-6-20(7-5-16)31(26,27)24-8-10-30-11-9-24/h4-7,12-14H,8-11H2,1-3H3,(H,23,25)/b22-15+. The fourth-order valence-electron chi connectivity index (χ4n) is 3.01. The van der Waals surface area contributed by atoms with Gasteiger partial charge in [0, 0.05) is 24.7 Å². The Morgan fingerprint density at radius 1 is 1.00 bits per heavy atom. The van der Waals surface area contributed by atoms with Crippen molar-refractivity contribution in [2.75, 3.05) is 40.5 Å². The van der Waals surface area contributed by atoms with Crippen LogP contribution in [-0.2, 0) is 14.8 Å². The van der Waals surface area contributed by atoms with Crippen molar-refractivity contribution in [1.82, 2.24) is 9.73 Å². The molecule has 0 aliphatic carbocycles. The second-order valence-electron chi connectivity index (χ2n) is 6.78. The minimum atomic E-state index is -3.56. The molecule has 0 atom stereocenters. The Hall–Kier alpha value is -2.95. The van der Waals surface area contributed by atoms with Crippen molar-refractivity contribution in [3.63, 3.8) is 0 Å². The van der Waals surface area contributed by atoms with E-state index < -0.39 is 15.9 Å². The van der Waals surface area contributed by atoms with Crippen LogP contribution in [0.4, 0.5) is 0 Å². The minimum Gasteiger partial charge on any atom is -0.497 e. The number of hydrogen-bond donors (Lipinski definition) is 1. The van der Waals surface area contributed by atoms with Gasteiger partial charge in [-0.25, -0.2) is 13.8 Å². The van der Waals surface area contributed by atoms with Crippen molar-refractivity contribution in [3.05, 3.63) is 53.6 Å². The van der Waals surface area contributed by atoms with Gasteiger partial charge in [0.25, 0.3) is 5.91 Å². The van der Waals surface area contributed by atoms with E-state index in [0.717, 1.165) is 0 Å². The molecule has 31 heavy (non-hydrogen) atoms. The second kappa shape index (κ2) is 9.90. The molecule has 1 aliphatic rings. The van der Waals surface area contributed by atoms with E-state index in [1.807, 2.05) is 0 Å². The maximum Gasteiger partial charge on any atom is 0.271 e. The summed E-state index contributed by atoms with van der Waals surface area (Å²) < 4.78 is 42.4. The largest absolute Gasteiger partial charge is 0.497 e. The summed E-state index contributed by atoms with van der Waals surface area (Å²) in [6.07, 6.45) is 0. The summed E-state index contributed by atoms with van der Waals surface area (Å²) in [5.41, 5.74) is 4.04. The Kier molecular flexibility index (Phi) is 7.26. The van der Waals surface area contributed by atoms with Gasteiger partial charge in [-0.15, -0.1) is 0 Å². The van der Waals surface area contributed by atoms with Crippen LogP contribution in [-0.4, -0.2) is 64.9 Å². The third-order valence-corrected chi connectivity index (χ3v) is 6.73. The third-order valence-electron chi connectivity index (χ3n) is 4.82. The zero-order chi connectivity index (χ0) is 22.4. The van der Waals surface area contributed by atoms with Crippen LogP contribution in [0.3, 0.4) is 0 Å². The first-order chi connectivity index (χ1) is 14.8. The molecule has 1 N–H and O–H groups in total. The van der Waals surface area contributed by atoms with E-state index in [0.29, 0.717) is 54.6 Å². The van der Waals surface area contributed by atoms with Crippen LogP contribution in [0.1, 0.15) is 22.8 Å². The molecule has 9 nitrogen and oxygen atoms in total. The normalized spacial score (nSPS) is 15.4. The summed E-state index contributed by atoms with van der Waals surface area (Å²) >= 11 is 0. The van der Waals surface area contributed by atoms with Gasteiger partial charge in [-0.05, 0) is 36.8 Å². The molecule has 0 spiro atoms. The van der Waals surface area contributed by atoms with Gasteiger partial charge in [-0.1, -0.05) is 12.1 Å². The van der Waals surface area contributed by atoms with Crippen molar-refractivity contribution < 1.29 is 27.4 Å². The molecule has 1 aliphatic heterocycles. The summed E-state index contributed by atoms with van der Waals surface area (Å²) in [6, 6.07) is 11.2. The molecule has 0 aromatic heterocycles. The van der Waals surface area contributed by atoms with Crippen molar-refractivity contribution in [3.8, 4) is 11.5 Å². The van der Waals surface area contributed by atoms with Gasteiger partial charge in [0.1, 0.15) is 11.5 Å². The van der Waals surface area contributed by atoms with E-state index in [-0.39, 0.29) is 4.90 Å². The van der Waals surface area contributed by atoms with E-state index in [9.17, 15) is 13.2 Å². The highest BCUT2D eigenvalue weighted by Gasteiger charge is 2.26. The first kappa shape index (κ1) is 22.7. The maximum absolute atomic E-state index is 12.7. The van der Waals surface area contributed by atoms with Gasteiger partial charge in [0.2, 0.25) is 10.0 Å². The fourth-order valence-corrected chi connectivity index (χ4v) is 4.41. The number of benzene rings is 2. The number of carbonyl (C=O) groups excluding carboxylic acids is 1. The SMILES string of the molecule is COc1cc(OC)cc(C(=O)N/N=C(\C)c2ccc(S(=O)(=O)N3CCOCC3)cc2)c1. The van der Waals surface area contributed by atoms with Crippen LogP contribution in [0, 0.1) is 0 Å². The van der Waals surface area contributed by atoms with E-state index in [2.05, 4.69) is 10.5 Å². The molecule has 0 bridgehead atoms. The van der Waals surface area contributed by atoms with Gasteiger partial charge in [0.15, 0.2) is 0 Å². The Morgan fingerprint density at radius 2 is 1.58 bits per heavy atom. The maximum atomic E-state index is 12.7. The molecule has 10 heteroatoms. The number of hydrogen-bond acceptors (Lipinski definition) is 7. The van der Waals surface area contributed by atoms with E-state index in [4.69, 9.17) is 14.2 Å². The second-order valence-corrected chi connectivity index (χ2v) is 8.72. The molecule has 0 radical (unpaired) electrons. The van der Waals surface area contributed by atoms with Crippen LogP contribution >= 0.6 is 0 Å². The van der Waals surface area contributed by atoms with Gasteiger partial charge in [-0.2, -0.15) is 9.41 Å². The number of nitrogens with zero attached hydrogens (tertiary/aromatic N) is 2. The number of sulfonamides is 1. The van der Waals surface area contributed by atoms with Crippen LogP contribution in [0.5, 0.6) is 11.5 Å². The predicted molar refractivity (Wildman–Crippen MR) is 115 cm³/mol. The summed E-state index contributed by atoms with van der Waals surface area (Å²) in [6.45, 7) is 3.18. The number of methoxy groups -OCH3 is 2. The Morgan fingerprint density at radius 3 is 2.13 bits per heavy atom. The van der Waals surface area contributed by atoms with E-state index in [1.165, 1.54) is 30.7 Å². The van der Waals surface area contributed by atoms with E-state index in [1.54, 1.807) is 37.3 Å². The highest BCUT2D eigenvalue weighted by Crippen LogP contribution is 2.22. The highest BCUT2D eigenvalue weighted by atomic mass is 32.2. The zero-order valence-corrected chi connectivity index (χ0v) is 18.4. The van der Waals surface area contributed by atoms with Gasteiger partial charge in [0.05, 0.1) is 38.0 Å². The van der Waals surface area contributed by atoms with Crippen LogP contribution in [0.15, 0.2) is 52.5 Å². The molecule has 2 aromatic rings. The molecular weight excluding hydrogens is 422 g/mol. The average Bonchev–Trinajstić information content (AvgIpc) is 2.82. The molecule has 166 valence electrons. The quantitative estimate of drug-likeness (QED) is 0.513. The lowest BCUT2D eigenvalue weighted by molar-refractivity contribution is 0.0730. The number of morpholine rings is 1. The summed E-state index contributed by atoms with van der Waals surface area (Å²) in [5, 5.41) is 4.12. The van der Waals surface area contributed by atoms with E-state index >= 15 is 0 Å². The first-order valence-corrected chi connectivity index (χ1v) is 11.0. The number of hydrazone groups is 1. The summed E-state index contributed by atoms with van der Waals surface area (Å²) in [5.74, 6) is 0.549. The van der Waals surface area contributed by atoms with Crippen LogP contribution < -0.4 is 14.9 Å². The number of ether oxygens (including phenoxy) is 3. The highest BCUT2D eigenvalue weighted by molar-refractivity contribution is 7.89. The number of rotatable bonds is 7. The minimum absolute atomic E-state index is 0.207. The van der Waals surface area contributed by atoms with Crippen LogP contribution in [0.25, 0.3) is 0 Å². The Labute approximate surface area is 181 Å². The Balaban J connectivity index is 1.71. The topological polar surface area (TPSA) is 107 Å². The van der Waals surface area contributed by atoms with Crippen LogP contribution in [0.2, 0.25) is 0 Å². The first-order valence-electron chi connectivity index (χ1n) is 9.61. The third kappa shape index (κ3) is 5.40. The summed E-state index contributed by atoms with van der Waals surface area (Å²) in [7, 11) is -0.556. The molecule has 1 heterocycles. The van der Waals surface area contributed by atoms with Gasteiger partial charge >= 0.3 is 0 Å². The predicted octanol–water partition coefficient (Wildman–Crippen LogP) is 1.88. The lowest BCUT2D eigenvalue weighted by Gasteiger charge is -2.26.